The first kappa shape index (κ1) is 18.9. The molecule has 0 fully saturated rings. The second kappa shape index (κ2) is 7.03. The monoisotopic (exact) mass is 393 g/mol. The van der Waals surface area contributed by atoms with Gasteiger partial charge in [-0.2, -0.15) is 26.3 Å². The van der Waals surface area contributed by atoms with Crippen LogP contribution in [0, 0.1) is 0 Å². The Hall–Kier alpha value is -1.87. The van der Waals surface area contributed by atoms with Crippen LogP contribution in [0.5, 0.6) is 5.75 Å². The van der Waals surface area contributed by atoms with Crippen LogP contribution < -0.4 is 4.74 Å². The third kappa shape index (κ3) is 4.64. The van der Waals surface area contributed by atoms with E-state index in [1.54, 1.807) is 18.2 Å². The lowest BCUT2D eigenvalue weighted by molar-refractivity contribution is -0.137. The zero-order valence-electron chi connectivity index (χ0n) is 13.2. The second-order valence-corrected chi connectivity index (χ2v) is 6.79. The summed E-state index contributed by atoms with van der Waals surface area (Å²) in [7, 11) is 0. The Morgan fingerprint density at radius 2 is 1.58 bits per heavy atom. The summed E-state index contributed by atoms with van der Waals surface area (Å²) in [5, 5.41) is 0. The highest BCUT2D eigenvalue weighted by molar-refractivity contribution is 7.97. The zero-order chi connectivity index (χ0) is 18.9. The summed E-state index contributed by atoms with van der Waals surface area (Å²) in [6, 6.07) is 9.52. The fourth-order valence-corrected chi connectivity index (χ4v) is 3.53. The maximum Gasteiger partial charge on any atom is 0.416 e. The fourth-order valence-electron chi connectivity index (χ4n) is 2.48. The first-order chi connectivity index (χ1) is 12.1. The fraction of sp³-hybridized carbons (Fsp3) is 0.294. The average Bonchev–Trinajstić information content (AvgIpc) is 2.73. The van der Waals surface area contributed by atoms with Gasteiger partial charge in [-0.05, 0) is 47.3 Å². The maximum atomic E-state index is 12.7. The molecule has 0 bridgehead atoms. The largest absolute Gasteiger partial charge is 0.491 e. The summed E-state index contributed by atoms with van der Waals surface area (Å²) < 4.78 is 82.5. The van der Waals surface area contributed by atoms with Crippen molar-refractivity contribution >= 4 is 11.9 Å². The van der Waals surface area contributed by atoms with Gasteiger partial charge in [0.25, 0.3) is 0 Å². The van der Waals surface area contributed by atoms with E-state index >= 15 is 0 Å². The molecule has 0 saturated heterocycles. The van der Waals surface area contributed by atoms with Crippen molar-refractivity contribution in [1.29, 1.82) is 0 Å². The number of alkyl halides is 6. The van der Waals surface area contributed by atoms with Crippen LogP contribution in [-0.2, 0) is 6.18 Å². The van der Waals surface area contributed by atoms with E-state index in [4.69, 9.17) is 4.74 Å². The van der Waals surface area contributed by atoms with Crippen molar-refractivity contribution in [3.8, 4) is 16.9 Å². The van der Waals surface area contributed by atoms with Gasteiger partial charge in [-0.3, -0.25) is 0 Å². The molecule has 9 heteroatoms. The van der Waals surface area contributed by atoms with Crippen LogP contribution in [-0.4, -0.2) is 30.2 Å². The van der Waals surface area contributed by atoms with Gasteiger partial charge >= 0.3 is 12.4 Å². The van der Waals surface area contributed by atoms with E-state index < -0.39 is 24.5 Å². The van der Waals surface area contributed by atoms with Crippen LogP contribution in [0.25, 0.3) is 11.1 Å². The Morgan fingerprint density at radius 3 is 2.19 bits per heavy atom. The normalized spacial score (nSPS) is 15.9. The third-order valence-corrected chi connectivity index (χ3v) is 4.76. The van der Waals surface area contributed by atoms with Crippen molar-refractivity contribution in [1.82, 2.24) is 4.31 Å². The van der Waals surface area contributed by atoms with Gasteiger partial charge in [0.1, 0.15) is 18.9 Å². The molecule has 0 amide bonds. The quantitative estimate of drug-likeness (QED) is 0.484. The lowest BCUT2D eigenvalue weighted by Gasteiger charge is -2.19. The molecule has 2 aromatic rings. The van der Waals surface area contributed by atoms with Crippen LogP contribution in [0.3, 0.4) is 0 Å². The lowest BCUT2D eigenvalue weighted by Crippen LogP contribution is -2.31. The second-order valence-electron chi connectivity index (χ2n) is 5.66. The van der Waals surface area contributed by atoms with Crippen molar-refractivity contribution in [3.63, 3.8) is 0 Å². The van der Waals surface area contributed by atoms with Crippen LogP contribution >= 0.6 is 11.9 Å². The molecule has 26 heavy (non-hydrogen) atoms. The SMILES string of the molecule is FC(F)(F)CN1CCOc2ccc(-c3ccc(C(F)(F)F)cc3)cc2S1. The Morgan fingerprint density at radius 1 is 0.923 bits per heavy atom. The molecule has 0 atom stereocenters. The molecule has 140 valence electrons. The molecule has 1 heterocycles. The van der Waals surface area contributed by atoms with Gasteiger partial charge in [-0.15, -0.1) is 0 Å². The molecule has 1 aliphatic heterocycles. The van der Waals surface area contributed by atoms with Gasteiger partial charge < -0.3 is 4.74 Å². The summed E-state index contributed by atoms with van der Waals surface area (Å²) in [5.74, 6) is 0.454. The van der Waals surface area contributed by atoms with E-state index in [0.29, 0.717) is 21.8 Å². The van der Waals surface area contributed by atoms with Gasteiger partial charge in [0.15, 0.2) is 0 Å². The Kier molecular flexibility index (Phi) is 5.12. The topological polar surface area (TPSA) is 12.5 Å². The summed E-state index contributed by atoms with van der Waals surface area (Å²) in [4.78, 5) is 0.490. The minimum Gasteiger partial charge on any atom is -0.491 e. The van der Waals surface area contributed by atoms with E-state index in [2.05, 4.69) is 0 Å². The molecule has 0 N–H and O–H groups in total. The third-order valence-electron chi connectivity index (χ3n) is 3.67. The van der Waals surface area contributed by atoms with Gasteiger partial charge in [-0.1, -0.05) is 18.2 Å². The highest BCUT2D eigenvalue weighted by Gasteiger charge is 2.33. The van der Waals surface area contributed by atoms with Crippen molar-refractivity contribution < 1.29 is 31.1 Å². The zero-order valence-corrected chi connectivity index (χ0v) is 14.0. The first-order valence-corrected chi connectivity index (χ1v) is 8.33. The van der Waals surface area contributed by atoms with E-state index in [-0.39, 0.29) is 13.2 Å². The standard InChI is InChI=1S/C17H13F6NOS/c18-16(19,20)10-24-7-8-25-14-6-3-12(9-15(14)26-24)11-1-4-13(5-2-11)17(21,22)23/h1-6,9H,7-8,10H2. The molecule has 0 spiro atoms. The predicted molar refractivity (Wildman–Crippen MR) is 85.9 cm³/mol. The molecular formula is C17H13F6NOS. The maximum absolute atomic E-state index is 12.7. The number of hydrogen-bond acceptors (Lipinski definition) is 3. The first-order valence-electron chi connectivity index (χ1n) is 7.56. The van der Waals surface area contributed by atoms with Crippen LogP contribution in [0.1, 0.15) is 5.56 Å². The van der Waals surface area contributed by atoms with E-state index in [9.17, 15) is 26.3 Å². The van der Waals surface area contributed by atoms with Crippen molar-refractivity contribution in [3.05, 3.63) is 48.0 Å². The van der Waals surface area contributed by atoms with Gasteiger partial charge in [-0.25, -0.2) is 4.31 Å². The van der Waals surface area contributed by atoms with E-state index in [0.717, 1.165) is 28.4 Å². The minimum absolute atomic E-state index is 0.106. The number of benzene rings is 2. The number of rotatable bonds is 2. The molecule has 0 radical (unpaired) electrons. The van der Waals surface area contributed by atoms with Crippen LogP contribution in [0.2, 0.25) is 0 Å². The number of nitrogens with zero attached hydrogens (tertiary/aromatic N) is 1. The average molecular weight is 393 g/mol. The Labute approximate surface area is 149 Å². The summed E-state index contributed by atoms with van der Waals surface area (Å²) in [5.41, 5.74) is 0.375. The molecule has 1 aliphatic rings. The molecule has 0 aliphatic carbocycles. The summed E-state index contributed by atoms with van der Waals surface area (Å²) in [6.07, 6.45) is -8.75. The molecule has 0 unspecified atom stereocenters. The Bertz CT molecular complexity index is 772. The van der Waals surface area contributed by atoms with Gasteiger partial charge in [0.2, 0.25) is 0 Å². The van der Waals surface area contributed by atoms with Gasteiger partial charge in [0, 0.05) is 6.54 Å². The van der Waals surface area contributed by atoms with Gasteiger partial charge in [0.05, 0.1) is 10.5 Å². The highest BCUT2D eigenvalue weighted by atomic mass is 32.2. The molecule has 0 aromatic heterocycles. The van der Waals surface area contributed by atoms with E-state index in [1.807, 2.05) is 0 Å². The summed E-state index contributed by atoms with van der Waals surface area (Å²) in [6.45, 7) is -0.852. The molecular weight excluding hydrogens is 380 g/mol. The number of halogens is 6. The van der Waals surface area contributed by atoms with Crippen LogP contribution in [0.4, 0.5) is 26.3 Å². The predicted octanol–water partition coefficient (Wildman–Crippen LogP) is 5.64. The van der Waals surface area contributed by atoms with Crippen molar-refractivity contribution in [2.24, 2.45) is 0 Å². The van der Waals surface area contributed by atoms with Crippen LogP contribution in [0.15, 0.2) is 47.4 Å². The summed E-state index contributed by atoms with van der Waals surface area (Å²) >= 11 is 0.929. The molecule has 2 nitrogen and oxygen atoms in total. The Balaban J connectivity index is 1.86. The van der Waals surface area contributed by atoms with E-state index in [1.165, 1.54) is 12.1 Å². The number of fused-ring (bicyclic) bond motifs is 1. The molecule has 0 saturated carbocycles. The smallest absolute Gasteiger partial charge is 0.416 e. The van der Waals surface area contributed by atoms with Crippen molar-refractivity contribution in [2.45, 2.75) is 17.2 Å². The lowest BCUT2D eigenvalue weighted by atomic mass is 10.0. The molecule has 2 aromatic carbocycles. The molecule has 3 rings (SSSR count). The van der Waals surface area contributed by atoms with Crippen molar-refractivity contribution in [2.75, 3.05) is 19.7 Å². The number of hydrogen-bond donors (Lipinski definition) is 0. The highest BCUT2D eigenvalue weighted by Crippen LogP contribution is 2.39. The number of ether oxygens (including phenoxy) is 1. The minimum atomic E-state index is -4.42.